The Morgan fingerprint density at radius 1 is 0.875 bits per heavy atom. The molecule has 6 rings (SSSR count). The van der Waals surface area contributed by atoms with Crippen molar-refractivity contribution in [3.05, 3.63) is 105 Å². The molecule has 2 aliphatic rings. The van der Waals surface area contributed by atoms with Gasteiger partial charge in [-0.25, -0.2) is 0 Å². The van der Waals surface area contributed by atoms with Gasteiger partial charge in [0.05, 0.1) is 0 Å². The second kappa shape index (κ2) is 6.80. The molecule has 0 atom stereocenters. The van der Waals surface area contributed by atoms with Crippen LogP contribution in [0, 0.1) is 0 Å². The molecule has 0 N–H and O–H groups in total. The number of hydrogen-bond donors (Lipinski definition) is 0. The van der Waals surface area contributed by atoms with Gasteiger partial charge < -0.3 is 0 Å². The fourth-order valence-electron chi connectivity index (χ4n) is 4.69. The van der Waals surface area contributed by atoms with Gasteiger partial charge in [0.25, 0.3) is 0 Å². The molecule has 2 aromatic carbocycles. The third-order valence-corrected chi connectivity index (χ3v) is 8.61. The summed E-state index contributed by atoms with van der Waals surface area (Å²) in [6, 6.07) is 21.1. The molecule has 3 heterocycles. The SMILES string of the molecule is CC1(C)c2ccccc2N(c2ccccc2)c2[se]c(C=C3C(=O)c4cocc4C3=O)cc21. The van der Waals surface area contributed by atoms with Gasteiger partial charge in [0, 0.05) is 0 Å². The summed E-state index contributed by atoms with van der Waals surface area (Å²) in [6.45, 7) is 4.49. The molecule has 0 fully saturated rings. The van der Waals surface area contributed by atoms with Crippen LogP contribution in [0.25, 0.3) is 6.08 Å². The summed E-state index contributed by atoms with van der Waals surface area (Å²) in [6.07, 6.45) is 4.53. The number of benzene rings is 2. The van der Waals surface area contributed by atoms with Crippen LogP contribution in [0.5, 0.6) is 0 Å². The Bertz CT molecular complexity index is 1410. The zero-order valence-electron chi connectivity index (χ0n) is 17.6. The van der Waals surface area contributed by atoms with Crippen LogP contribution in [0.15, 0.2) is 83.2 Å². The third-order valence-electron chi connectivity index (χ3n) is 6.37. The molecule has 4 nitrogen and oxygen atoms in total. The zero-order valence-corrected chi connectivity index (χ0v) is 19.3. The Morgan fingerprint density at radius 3 is 2.25 bits per heavy atom. The van der Waals surface area contributed by atoms with Crippen LogP contribution in [0.1, 0.15) is 50.1 Å². The molecule has 1 aliphatic heterocycles. The molecule has 2 aromatic heterocycles. The predicted octanol–water partition coefficient (Wildman–Crippen LogP) is 5.91. The number of para-hydroxylation sites is 2. The summed E-state index contributed by atoms with van der Waals surface area (Å²) >= 11 is -0.0551. The van der Waals surface area contributed by atoms with E-state index in [0.717, 1.165) is 10.1 Å². The number of carbonyl (C=O) groups excluding carboxylic acids is 2. The Balaban J connectivity index is 1.54. The number of hydrogen-bond acceptors (Lipinski definition) is 4. The summed E-state index contributed by atoms with van der Waals surface area (Å²) in [5, 5.41) is 0. The van der Waals surface area contributed by atoms with Crippen molar-refractivity contribution in [3.8, 4) is 0 Å². The average molecular weight is 484 g/mol. The first kappa shape index (κ1) is 19.3. The number of furan rings is 1. The van der Waals surface area contributed by atoms with Gasteiger partial charge in [-0.15, -0.1) is 0 Å². The van der Waals surface area contributed by atoms with E-state index in [1.165, 1.54) is 33.9 Å². The van der Waals surface area contributed by atoms with Gasteiger partial charge in [0.15, 0.2) is 0 Å². The maximum absolute atomic E-state index is 12.8. The van der Waals surface area contributed by atoms with Crippen LogP contribution in [-0.2, 0) is 5.41 Å². The van der Waals surface area contributed by atoms with E-state index in [0.29, 0.717) is 11.1 Å². The number of nitrogens with zero attached hydrogens (tertiary/aromatic N) is 1. The molecule has 0 saturated carbocycles. The number of rotatable bonds is 2. The van der Waals surface area contributed by atoms with E-state index < -0.39 is 0 Å². The summed E-state index contributed by atoms with van der Waals surface area (Å²) < 4.78 is 7.34. The number of anilines is 3. The normalized spacial score (nSPS) is 16.1. The van der Waals surface area contributed by atoms with Crippen molar-refractivity contribution in [2.24, 2.45) is 0 Å². The van der Waals surface area contributed by atoms with Gasteiger partial charge in [0.2, 0.25) is 0 Å². The fourth-order valence-corrected chi connectivity index (χ4v) is 7.40. The van der Waals surface area contributed by atoms with Crippen LogP contribution >= 0.6 is 0 Å². The predicted molar refractivity (Wildman–Crippen MR) is 126 cm³/mol. The van der Waals surface area contributed by atoms with E-state index in [4.69, 9.17) is 4.42 Å². The summed E-state index contributed by atoms with van der Waals surface area (Å²) in [5.41, 5.74) is 5.58. The molecule has 156 valence electrons. The van der Waals surface area contributed by atoms with Crippen molar-refractivity contribution in [2.75, 3.05) is 4.90 Å². The number of ketones is 2. The quantitative estimate of drug-likeness (QED) is 0.202. The minimum atomic E-state index is -0.247. The van der Waals surface area contributed by atoms with Crippen LogP contribution in [0.2, 0.25) is 0 Å². The van der Waals surface area contributed by atoms with Crippen molar-refractivity contribution >= 4 is 48.1 Å². The van der Waals surface area contributed by atoms with E-state index in [2.05, 4.69) is 61.2 Å². The third kappa shape index (κ3) is 2.62. The van der Waals surface area contributed by atoms with E-state index in [9.17, 15) is 9.59 Å². The van der Waals surface area contributed by atoms with Crippen LogP contribution in [-0.4, -0.2) is 26.1 Å². The van der Waals surface area contributed by atoms with E-state index in [-0.39, 0.29) is 37.1 Å². The molecular weight excluding hydrogens is 465 g/mol. The van der Waals surface area contributed by atoms with Crippen LogP contribution in [0.4, 0.5) is 15.9 Å². The van der Waals surface area contributed by atoms with E-state index in [1.54, 1.807) is 6.08 Å². The van der Waals surface area contributed by atoms with E-state index in [1.807, 2.05) is 18.2 Å². The number of allylic oxidation sites excluding steroid dienone is 1. The Labute approximate surface area is 191 Å². The summed E-state index contributed by atoms with van der Waals surface area (Å²) in [7, 11) is 0. The Kier molecular flexibility index (Phi) is 4.10. The maximum atomic E-state index is 12.8. The molecule has 0 bridgehead atoms. The van der Waals surface area contributed by atoms with Gasteiger partial charge in [-0.2, -0.15) is 0 Å². The molecule has 0 spiro atoms. The molecule has 1 aliphatic carbocycles. The number of Topliss-reactive ketones (excluding diaryl/α,β-unsaturated/α-hetero) is 2. The van der Waals surface area contributed by atoms with Gasteiger partial charge in [-0.3, -0.25) is 0 Å². The van der Waals surface area contributed by atoms with E-state index >= 15 is 0 Å². The zero-order chi connectivity index (χ0) is 22.0. The van der Waals surface area contributed by atoms with Crippen molar-refractivity contribution < 1.29 is 14.0 Å². The number of carbonyl (C=O) groups is 2. The molecule has 5 heteroatoms. The van der Waals surface area contributed by atoms with Gasteiger partial charge in [0.1, 0.15) is 0 Å². The standard InChI is InChI=1S/C27H19NO3Se/c1-27(2)21-10-6-7-11-23(21)28(16-8-4-3-5-9-16)26-22(27)13-17(32-26)12-18-24(29)19-14-31-15-20(19)25(18)30/h3-15H,1-2H3. The molecule has 0 saturated heterocycles. The molecule has 4 aromatic rings. The molecule has 0 amide bonds. The summed E-state index contributed by atoms with van der Waals surface area (Å²) in [4.78, 5) is 27.9. The van der Waals surface area contributed by atoms with Crippen molar-refractivity contribution in [1.82, 2.24) is 0 Å². The average Bonchev–Trinajstić information content (AvgIpc) is 3.50. The van der Waals surface area contributed by atoms with Crippen molar-refractivity contribution in [3.63, 3.8) is 0 Å². The minimum absolute atomic E-state index is 0.0551. The van der Waals surface area contributed by atoms with Crippen LogP contribution < -0.4 is 4.90 Å². The number of fused-ring (bicyclic) bond motifs is 3. The van der Waals surface area contributed by atoms with Crippen molar-refractivity contribution in [2.45, 2.75) is 19.3 Å². The molecular formula is C27H19NO3Se. The molecule has 0 radical (unpaired) electrons. The fraction of sp³-hybridized carbons (Fsp3) is 0.111. The monoisotopic (exact) mass is 485 g/mol. The summed E-state index contributed by atoms with van der Waals surface area (Å²) in [5.74, 6) is -0.495. The Morgan fingerprint density at radius 2 is 1.53 bits per heavy atom. The first-order chi connectivity index (χ1) is 15.5. The van der Waals surface area contributed by atoms with Crippen LogP contribution in [0.3, 0.4) is 0 Å². The van der Waals surface area contributed by atoms with Gasteiger partial charge in [-0.05, 0) is 0 Å². The first-order valence-electron chi connectivity index (χ1n) is 10.4. The van der Waals surface area contributed by atoms with Gasteiger partial charge in [-0.1, -0.05) is 0 Å². The van der Waals surface area contributed by atoms with Gasteiger partial charge >= 0.3 is 192 Å². The first-order valence-corrected chi connectivity index (χ1v) is 12.1. The molecule has 32 heavy (non-hydrogen) atoms. The Hall–Kier alpha value is -3.40. The topological polar surface area (TPSA) is 50.5 Å². The molecule has 0 unspecified atom stereocenters. The van der Waals surface area contributed by atoms with Crippen molar-refractivity contribution in [1.29, 1.82) is 0 Å². The second-order valence-electron chi connectivity index (χ2n) is 8.60. The second-order valence-corrected chi connectivity index (χ2v) is 10.8.